The SMILES string of the molecule is CN(C)CCCN1C(=O)C(=O)/C(=C(/O)c2cn(C)c3ccccc23)[C@@H]1c1ccccn1. The van der Waals surface area contributed by atoms with Crippen LogP contribution in [-0.2, 0) is 16.6 Å². The second-order valence-corrected chi connectivity index (χ2v) is 8.07. The molecular weight excluding hydrogens is 392 g/mol. The standard InChI is InChI=1S/C24H26N4O3/c1-26(2)13-8-14-28-21(18-10-6-7-12-25-18)20(23(30)24(28)31)22(29)17-15-27(3)19-11-5-4-9-16(17)19/h4-7,9-12,15,21,29H,8,13-14H2,1-3H3/b22-20+/t21-/m0/s1. The summed E-state index contributed by atoms with van der Waals surface area (Å²) in [6.45, 7) is 1.18. The molecule has 0 bridgehead atoms. The number of carbonyl (C=O) groups is 2. The zero-order chi connectivity index (χ0) is 22.1. The first-order chi connectivity index (χ1) is 14.9. The van der Waals surface area contributed by atoms with Gasteiger partial charge in [-0.05, 0) is 45.3 Å². The van der Waals surface area contributed by atoms with Crippen molar-refractivity contribution in [2.75, 3.05) is 27.2 Å². The van der Waals surface area contributed by atoms with Crippen LogP contribution < -0.4 is 0 Å². The summed E-state index contributed by atoms with van der Waals surface area (Å²) >= 11 is 0. The van der Waals surface area contributed by atoms with Crippen LogP contribution in [0, 0.1) is 0 Å². The predicted octanol–water partition coefficient (Wildman–Crippen LogP) is 2.95. The van der Waals surface area contributed by atoms with Gasteiger partial charge in [0, 0.05) is 42.5 Å². The minimum atomic E-state index is -0.720. The molecule has 7 heteroatoms. The summed E-state index contributed by atoms with van der Waals surface area (Å²) in [6, 6.07) is 12.3. The number of nitrogens with zero attached hydrogens (tertiary/aromatic N) is 4. The number of amides is 1. The molecule has 1 aromatic carbocycles. The van der Waals surface area contributed by atoms with Gasteiger partial charge < -0.3 is 19.5 Å². The van der Waals surface area contributed by atoms with Gasteiger partial charge in [0.25, 0.3) is 11.7 Å². The molecule has 7 nitrogen and oxygen atoms in total. The van der Waals surface area contributed by atoms with Crippen molar-refractivity contribution in [3.63, 3.8) is 0 Å². The number of benzene rings is 1. The lowest BCUT2D eigenvalue weighted by atomic mass is 9.98. The molecule has 1 aliphatic heterocycles. The van der Waals surface area contributed by atoms with E-state index in [1.165, 1.54) is 4.90 Å². The number of aryl methyl sites for hydroxylation is 1. The molecule has 1 N–H and O–H groups in total. The largest absolute Gasteiger partial charge is 0.507 e. The van der Waals surface area contributed by atoms with Gasteiger partial charge in [0.05, 0.1) is 11.3 Å². The fourth-order valence-corrected chi connectivity index (χ4v) is 4.19. The van der Waals surface area contributed by atoms with Gasteiger partial charge >= 0.3 is 0 Å². The number of Topliss-reactive ketones (excluding diaryl/α,β-unsaturated/α-hetero) is 1. The topological polar surface area (TPSA) is 78.7 Å². The van der Waals surface area contributed by atoms with Gasteiger partial charge in [-0.2, -0.15) is 0 Å². The number of hydrogen-bond donors (Lipinski definition) is 1. The van der Waals surface area contributed by atoms with Crippen molar-refractivity contribution in [3.8, 4) is 0 Å². The van der Waals surface area contributed by atoms with Gasteiger partial charge in [-0.1, -0.05) is 24.3 Å². The Morgan fingerprint density at radius 1 is 1.13 bits per heavy atom. The van der Waals surface area contributed by atoms with Crippen LogP contribution in [-0.4, -0.2) is 63.3 Å². The van der Waals surface area contributed by atoms with Crippen LogP contribution in [0.5, 0.6) is 0 Å². The quantitative estimate of drug-likeness (QED) is 0.378. The van der Waals surface area contributed by atoms with Crippen LogP contribution in [0.4, 0.5) is 0 Å². The Morgan fingerprint density at radius 2 is 1.87 bits per heavy atom. The molecule has 1 aliphatic rings. The Bertz CT molecular complexity index is 1160. The number of fused-ring (bicyclic) bond motifs is 1. The number of hydrogen-bond acceptors (Lipinski definition) is 5. The van der Waals surface area contributed by atoms with Crippen molar-refractivity contribution in [1.82, 2.24) is 19.4 Å². The molecule has 4 rings (SSSR count). The van der Waals surface area contributed by atoms with Crippen molar-refractivity contribution in [3.05, 3.63) is 71.7 Å². The van der Waals surface area contributed by atoms with Crippen LogP contribution in [0.25, 0.3) is 16.7 Å². The number of likely N-dealkylation sites (tertiary alicyclic amines) is 1. The first-order valence-electron chi connectivity index (χ1n) is 10.3. The first kappa shape index (κ1) is 20.8. The van der Waals surface area contributed by atoms with E-state index in [4.69, 9.17) is 0 Å². The predicted molar refractivity (Wildman–Crippen MR) is 119 cm³/mol. The summed E-state index contributed by atoms with van der Waals surface area (Å²) in [5.41, 5.74) is 2.11. The maximum absolute atomic E-state index is 13.1. The molecule has 1 fully saturated rings. The molecule has 2 aromatic heterocycles. The number of aromatic nitrogens is 2. The van der Waals surface area contributed by atoms with E-state index in [1.807, 2.05) is 60.9 Å². The van der Waals surface area contributed by atoms with Crippen LogP contribution in [0.3, 0.4) is 0 Å². The molecule has 3 aromatic rings. The Morgan fingerprint density at radius 3 is 2.58 bits per heavy atom. The summed E-state index contributed by atoms with van der Waals surface area (Å²) in [7, 11) is 5.81. The highest BCUT2D eigenvalue weighted by Gasteiger charge is 2.46. The number of aliphatic hydroxyl groups is 1. The van der Waals surface area contributed by atoms with Crippen LogP contribution in [0.2, 0.25) is 0 Å². The summed E-state index contributed by atoms with van der Waals surface area (Å²) < 4.78 is 1.90. The van der Waals surface area contributed by atoms with Gasteiger partial charge in [-0.25, -0.2) is 0 Å². The minimum absolute atomic E-state index is 0.0879. The highest BCUT2D eigenvalue weighted by Crippen LogP contribution is 2.40. The van der Waals surface area contributed by atoms with Gasteiger partial charge in [0.15, 0.2) is 0 Å². The second-order valence-electron chi connectivity index (χ2n) is 8.07. The van der Waals surface area contributed by atoms with Crippen LogP contribution in [0.15, 0.2) is 60.4 Å². The van der Waals surface area contributed by atoms with E-state index in [2.05, 4.69) is 4.98 Å². The number of pyridine rings is 1. The summed E-state index contributed by atoms with van der Waals surface area (Å²) in [5.74, 6) is -1.44. The maximum atomic E-state index is 13.1. The Labute approximate surface area is 181 Å². The Hall–Kier alpha value is -3.45. The van der Waals surface area contributed by atoms with E-state index in [0.717, 1.165) is 17.4 Å². The zero-order valence-corrected chi connectivity index (χ0v) is 17.9. The molecule has 1 atom stereocenters. The lowest BCUT2D eigenvalue weighted by Crippen LogP contribution is -2.32. The molecule has 160 valence electrons. The van der Waals surface area contributed by atoms with Gasteiger partial charge in [0.1, 0.15) is 11.8 Å². The summed E-state index contributed by atoms with van der Waals surface area (Å²) in [5, 5.41) is 12.1. The lowest BCUT2D eigenvalue weighted by Gasteiger charge is -2.25. The molecule has 0 aliphatic carbocycles. The smallest absolute Gasteiger partial charge is 0.295 e. The van der Waals surface area contributed by atoms with E-state index in [-0.39, 0.29) is 11.3 Å². The number of para-hydroxylation sites is 1. The first-order valence-corrected chi connectivity index (χ1v) is 10.3. The van der Waals surface area contributed by atoms with Crippen molar-refractivity contribution < 1.29 is 14.7 Å². The van der Waals surface area contributed by atoms with E-state index in [1.54, 1.807) is 24.5 Å². The van der Waals surface area contributed by atoms with Crippen molar-refractivity contribution >= 4 is 28.4 Å². The second kappa shape index (κ2) is 8.35. The van der Waals surface area contributed by atoms with Crippen molar-refractivity contribution in [1.29, 1.82) is 0 Å². The highest BCUT2D eigenvalue weighted by molar-refractivity contribution is 6.46. The molecule has 3 heterocycles. The van der Waals surface area contributed by atoms with Gasteiger partial charge in [-0.15, -0.1) is 0 Å². The normalized spacial score (nSPS) is 18.5. The fourth-order valence-electron chi connectivity index (χ4n) is 4.19. The molecule has 0 radical (unpaired) electrons. The summed E-state index contributed by atoms with van der Waals surface area (Å²) in [4.78, 5) is 34.0. The maximum Gasteiger partial charge on any atom is 0.295 e. The molecule has 1 saturated heterocycles. The minimum Gasteiger partial charge on any atom is -0.507 e. The Balaban J connectivity index is 1.85. The third kappa shape index (κ3) is 3.72. The number of ketones is 1. The van der Waals surface area contributed by atoms with Crippen LogP contribution in [0.1, 0.15) is 23.7 Å². The molecule has 0 saturated carbocycles. The van der Waals surface area contributed by atoms with Gasteiger partial charge in [0.2, 0.25) is 0 Å². The number of carbonyl (C=O) groups excluding carboxylic acids is 2. The molecule has 0 spiro atoms. The van der Waals surface area contributed by atoms with Crippen molar-refractivity contribution in [2.45, 2.75) is 12.5 Å². The van der Waals surface area contributed by atoms with E-state index in [0.29, 0.717) is 24.2 Å². The molecular formula is C24H26N4O3. The van der Waals surface area contributed by atoms with Crippen molar-refractivity contribution in [2.24, 2.45) is 7.05 Å². The monoisotopic (exact) mass is 418 g/mol. The lowest BCUT2D eigenvalue weighted by molar-refractivity contribution is -0.140. The Kier molecular flexibility index (Phi) is 5.61. The molecule has 1 amide bonds. The third-order valence-corrected chi connectivity index (χ3v) is 5.66. The fraction of sp³-hybridized carbons (Fsp3) is 0.292. The molecule has 0 unspecified atom stereocenters. The summed E-state index contributed by atoms with van der Waals surface area (Å²) in [6.07, 6.45) is 4.12. The van der Waals surface area contributed by atoms with E-state index in [9.17, 15) is 14.7 Å². The van der Waals surface area contributed by atoms with E-state index < -0.39 is 17.7 Å². The van der Waals surface area contributed by atoms with Crippen LogP contribution >= 0.6 is 0 Å². The van der Waals surface area contributed by atoms with E-state index >= 15 is 0 Å². The average molecular weight is 418 g/mol. The molecule has 31 heavy (non-hydrogen) atoms. The average Bonchev–Trinajstić information content (AvgIpc) is 3.23. The van der Waals surface area contributed by atoms with Gasteiger partial charge in [-0.3, -0.25) is 14.6 Å². The third-order valence-electron chi connectivity index (χ3n) is 5.66. The highest BCUT2D eigenvalue weighted by atomic mass is 16.3. The number of rotatable bonds is 6. The number of aliphatic hydroxyl groups excluding tert-OH is 1. The zero-order valence-electron chi connectivity index (χ0n) is 17.9.